The Labute approximate surface area is 152 Å². The number of rotatable bonds is 5. The lowest BCUT2D eigenvalue weighted by atomic mass is 10.2. The molecule has 26 heavy (non-hydrogen) atoms. The molecule has 0 spiro atoms. The van der Waals surface area contributed by atoms with Gasteiger partial charge in [-0.25, -0.2) is 0 Å². The molecule has 0 bridgehead atoms. The Kier molecular flexibility index (Phi) is 4.37. The fourth-order valence-electron chi connectivity index (χ4n) is 3.36. The van der Waals surface area contributed by atoms with Gasteiger partial charge in [-0.05, 0) is 61.2 Å². The van der Waals surface area contributed by atoms with Gasteiger partial charge in [0, 0.05) is 36.3 Å². The Morgan fingerprint density at radius 3 is 2.65 bits per heavy atom. The fourth-order valence-corrected chi connectivity index (χ4v) is 3.36. The third-order valence-corrected chi connectivity index (χ3v) is 5.04. The van der Waals surface area contributed by atoms with Crippen molar-refractivity contribution in [2.24, 2.45) is 5.92 Å². The molecule has 2 aliphatic rings. The van der Waals surface area contributed by atoms with E-state index in [0.29, 0.717) is 29.7 Å². The summed E-state index contributed by atoms with van der Waals surface area (Å²) in [4.78, 5) is 25.6. The van der Waals surface area contributed by atoms with E-state index < -0.39 is 0 Å². The number of hydrogen-bond donors (Lipinski definition) is 1. The monoisotopic (exact) mass is 350 g/mol. The van der Waals surface area contributed by atoms with Gasteiger partial charge in [-0.2, -0.15) is 0 Å². The van der Waals surface area contributed by atoms with Crippen LogP contribution in [0, 0.1) is 5.92 Å². The molecule has 1 aromatic carbocycles. The number of nitrogens with zero attached hydrogens (tertiary/aromatic N) is 1. The van der Waals surface area contributed by atoms with Crippen molar-refractivity contribution in [3.63, 3.8) is 0 Å². The second-order valence-corrected chi connectivity index (χ2v) is 7.08. The lowest BCUT2D eigenvalue weighted by Crippen LogP contribution is -2.23. The van der Waals surface area contributed by atoms with Crippen LogP contribution in [0.15, 0.2) is 46.9 Å². The largest absolute Gasteiger partial charge is 0.461 e. The number of anilines is 2. The molecule has 0 radical (unpaired) electrons. The van der Waals surface area contributed by atoms with E-state index in [0.717, 1.165) is 24.4 Å². The summed E-state index contributed by atoms with van der Waals surface area (Å²) >= 11 is 0. The second kappa shape index (κ2) is 6.83. The number of carbonyl (C=O) groups excluding carboxylic acids is 2. The van der Waals surface area contributed by atoms with Crippen LogP contribution in [-0.2, 0) is 9.59 Å². The molecular weight excluding hydrogens is 328 g/mol. The Morgan fingerprint density at radius 1 is 1.23 bits per heavy atom. The highest BCUT2D eigenvalue weighted by atomic mass is 16.3. The topological polar surface area (TPSA) is 62.6 Å². The van der Waals surface area contributed by atoms with Crippen LogP contribution in [0.25, 0.3) is 6.08 Å². The molecular formula is C21H22N2O3. The molecule has 1 aliphatic carbocycles. The summed E-state index contributed by atoms with van der Waals surface area (Å²) in [6.07, 6.45) is 5.84. The number of benzene rings is 1. The first-order valence-corrected chi connectivity index (χ1v) is 9.09. The number of nitrogens with one attached hydrogen (secondary N) is 1. The minimum absolute atomic E-state index is 0.156. The van der Waals surface area contributed by atoms with Gasteiger partial charge in [0.15, 0.2) is 0 Å². The van der Waals surface area contributed by atoms with E-state index in [-0.39, 0.29) is 11.8 Å². The van der Waals surface area contributed by atoms with Crippen LogP contribution in [0.1, 0.15) is 43.6 Å². The summed E-state index contributed by atoms with van der Waals surface area (Å²) in [6.45, 7) is 2.97. The van der Waals surface area contributed by atoms with Crippen molar-refractivity contribution in [1.82, 2.24) is 0 Å². The highest BCUT2D eigenvalue weighted by Crippen LogP contribution is 2.47. The summed E-state index contributed by atoms with van der Waals surface area (Å²) in [5.74, 6) is 2.87. The number of hydrogen-bond acceptors (Lipinski definition) is 3. The van der Waals surface area contributed by atoms with Gasteiger partial charge in [-0.15, -0.1) is 0 Å². The zero-order chi connectivity index (χ0) is 18.1. The number of furan rings is 1. The van der Waals surface area contributed by atoms with E-state index in [1.54, 1.807) is 11.0 Å². The van der Waals surface area contributed by atoms with Gasteiger partial charge >= 0.3 is 0 Å². The summed E-state index contributed by atoms with van der Waals surface area (Å²) in [6, 6.07) is 11.2. The Bertz CT molecular complexity index is 850. The molecule has 1 aromatic heterocycles. The molecule has 5 nitrogen and oxygen atoms in total. The van der Waals surface area contributed by atoms with Crippen LogP contribution < -0.4 is 10.2 Å². The second-order valence-electron chi connectivity index (χ2n) is 7.08. The summed E-state index contributed by atoms with van der Waals surface area (Å²) < 4.78 is 5.76. The van der Waals surface area contributed by atoms with Crippen molar-refractivity contribution in [3.05, 3.63) is 54.0 Å². The molecule has 1 saturated heterocycles. The molecule has 134 valence electrons. The summed E-state index contributed by atoms with van der Waals surface area (Å²) in [5, 5.41) is 2.82. The lowest BCUT2D eigenvalue weighted by molar-refractivity contribution is -0.117. The maximum atomic E-state index is 12.1. The number of carbonyl (C=O) groups is 2. The van der Waals surface area contributed by atoms with E-state index in [1.165, 1.54) is 12.5 Å². The van der Waals surface area contributed by atoms with Crippen molar-refractivity contribution >= 4 is 29.3 Å². The third kappa shape index (κ3) is 3.57. The van der Waals surface area contributed by atoms with Gasteiger partial charge in [0.25, 0.3) is 0 Å². The minimum atomic E-state index is -0.215. The maximum absolute atomic E-state index is 12.1. The predicted octanol–water partition coefficient (Wildman–Crippen LogP) is 4.18. The van der Waals surface area contributed by atoms with Gasteiger partial charge in [0.2, 0.25) is 11.8 Å². The zero-order valence-corrected chi connectivity index (χ0v) is 14.8. The van der Waals surface area contributed by atoms with Gasteiger partial charge < -0.3 is 14.6 Å². The molecule has 1 N–H and O–H groups in total. The normalized spacial score (nSPS) is 22.2. The quantitative estimate of drug-likeness (QED) is 0.823. The van der Waals surface area contributed by atoms with E-state index in [4.69, 9.17) is 4.42 Å². The molecule has 2 heterocycles. The summed E-state index contributed by atoms with van der Waals surface area (Å²) in [5.41, 5.74) is 1.57. The fraction of sp³-hybridized carbons (Fsp3) is 0.333. The molecule has 5 heteroatoms. The van der Waals surface area contributed by atoms with E-state index >= 15 is 0 Å². The lowest BCUT2D eigenvalue weighted by Gasteiger charge is -2.15. The average Bonchev–Trinajstić information content (AvgIpc) is 3.01. The maximum Gasteiger partial charge on any atom is 0.248 e. The standard InChI is InChI=1S/C21H22N2O3/c1-14-13-18(14)19-10-8-17(26-19)9-11-20(24)22-15-4-6-16(7-5-15)23-12-2-3-21(23)25/h4-11,14,18H,2-3,12-13H2,1H3,(H,22,24)/b11-9+/t14-,18-/m1/s1. The highest BCUT2D eigenvalue weighted by Gasteiger charge is 2.36. The third-order valence-electron chi connectivity index (χ3n) is 5.04. The van der Waals surface area contributed by atoms with Crippen molar-refractivity contribution in [2.45, 2.75) is 32.1 Å². The smallest absolute Gasteiger partial charge is 0.248 e. The van der Waals surface area contributed by atoms with Gasteiger partial charge in [-0.1, -0.05) is 6.92 Å². The molecule has 1 aliphatic heterocycles. The predicted molar refractivity (Wildman–Crippen MR) is 101 cm³/mol. The molecule has 2 aromatic rings. The van der Waals surface area contributed by atoms with Gasteiger partial charge in [0.05, 0.1) is 0 Å². The summed E-state index contributed by atoms with van der Waals surface area (Å²) in [7, 11) is 0. The first kappa shape index (κ1) is 16.6. The minimum Gasteiger partial charge on any atom is -0.461 e. The molecule has 4 rings (SSSR count). The molecule has 1 saturated carbocycles. The van der Waals surface area contributed by atoms with Gasteiger partial charge in [-0.3, -0.25) is 9.59 Å². The van der Waals surface area contributed by atoms with Crippen molar-refractivity contribution in [3.8, 4) is 0 Å². The molecule has 0 unspecified atom stereocenters. The average molecular weight is 350 g/mol. The van der Waals surface area contributed by atoms with Crippen LogP contribution in [-0.4, -0.2) is 18.4 Å². The van der Waals surface area contributed by atoms with Crippen LogP contribution in [0.4, 0.5) is 11.4 Å². The first-order chi connectivity index (χ1) is 12.6. The van der Waals surface area contributed by atoms with Crippen molar-refractivity contribution in [1.29, 1.82) is 0 Å². The molecule has 2 amide bonds. The van der Waals surface area contributed by atoms with Gasteiger partial charge in [0.1, 0.15) is 11.5 Å². The Balaban J connectivity index is 1.34. The van der Waals surface area contributed by atoms with Crippen LogP contribution in [0.5, 0.6) is 0 Å². The first-order valence-electron chi connectivity index (χ1n) is 9.09. The zero-order valence-electron chi connectivity index (χ0n) is 14.8. The molecule has 2 atom stereocenters. The SMILES string of the molecule is C[C@@H]1C[C@H]1c1ccc(/C=C/C(=O)Nc2ccc(N3CCCC3=O)cc2)o1. The van der Waals surface area contributed by atoms with Crippen LogP contribution in [0.3, 0.4) is 0 Å². The van der Waals surface area contributed by atoms with E-state index in [1.807, 2.05) is 36.4 Å². The van der Waals surface area contributed by atoms with E-state index in [2.05, 4.69) is 12.2 Å². The van der Waals surface area contributed by atoms with Crippen molar-refractivity contribution in [2.75, 3.05) is 16.8 Å². The number of amides is 2. The Hall–Kier alpha value is -2.82. The van der Waals surface area contributed by atoms with Crippen molar-refractivity contribution < 1.29 is 14.0 Å². The highest BCUT2D eigenvalue weighted by molar-refractivity contribution is 6.02. The van der Waals surface area contributed by atoms with Crippen LogP contribution in [0.2, 0.25) is 0 Å². The van der Waals surface area contributed by atoms with Crippen LogP contribution >= 0.6 is 0 Å². The Morgan fingerprint density at radius 2 is 2.00 bits per heavy atom. The molecule has 2 fully saturated rings. The van der Waals surface area contributed by atoms with E-state index in [9.17, 15) is 9.59 Å².